The Morgan fingerprint density at radius 3 is 2.73 bits per heavy atom. The molecule has 0 amide bonds. The first kappa shape index (κ1) is 17.1. The number of benzene rings is 1. The topological polar surface area (TPSA) is 86.9 Å². The van der Waals surface area contributed by atoms with E-state index in [0.717, 1.165) is 23.4 Å². The highest BCUT2D eigenvalue weighted by Gasteiger charge is 2.43. The molecule has 2 N–H and O–H groups in total. The van der Waals surface area contributed by atoms with Crippen LogP contribution in [-0.2, 0) is 0 Å². The summed E-state index contributed by atoms with van der Waals surface area (Å²) in [6.45, 7) is 2.33. The summed E-state index contributed by atoms with van der Waals surface area (Å²) in [5.74, 6) is 0. The van der Waals surface area contributed by atoms with Crippen molar-refractivity contribution in [1.29, 1.82) is 5.26 Å². The van der Waals surface area contributed by atoms with Crippen molar-refractivity contribution in [1.82, 2.24) is 14.2 Å². The van der Waals surface area contributed by atoms with Gasteiger partial charge in [0.15, 0.2) is 6.19 Å². The lowest BCUT2D eigenvalue weighted by molar-refractivity contribution is 0.310. The third kappa shape index (κ3) is 2.99. The maximum atomic E-state index is 10.9. The predicted molar refractivity (Wildman–Crippen MR) is 102 cm³/mol. The van der Waals surface area contributed by atoms with E-state index in [1.54, 1.807) is 19.7 Å². The zero-order valence-corrected chi connectivity index (χ0v) is 15.1. The standard InChI is InChI=1S/C18H21N5O2S/c19-14-21-9-7-17(13-21)23-11-10-22(26(23,24)25)16-5-3-4-15(12-16)18-6-1-2-8-20-18/h1-6,8,12,17,24-25H,7,9-11,13H2/t17-/m0/s1. The monoisotopic (exact) mass is 371 g/mol. The fraction of sp³-hybridized carbons (Fsp3) is 0.333. The van der Waals surface area contributed by atoms with Gasteiger partial charge in [-0.1, -0.05) is 29.2 Å². The molecule has 2 aromatic rings. The van der Waals surface area contributed by atoms with Crippen LogP contribution in [0.2, 0.25) is 0 Å². The van der Waals surface area contributed by atoms with Crippen molar-refractivity contribution in [2.45, 2.75) is 12.5 Å². The second-order valence-electron chi connectivity index (χ2n) is 6.49. The highest BCUT2D eigenvalue weighted by Crippen LogP contribution is 2.55. The third-order valence-electron chi connectivity index (χ3n) is 4.94. The molecule has 7 nitrogen and oxygen atoms in total. The zero-order valence-electron chi connectivity index (χ0n) is 14.3. The van der Waals surface area contributed by atoms with Crippen LogP contribution in [0.1, 0.15) is 6.42 Å². The molecule has 0 saturated carbocycles. The minimum Gasteiger partial charge on any atom is -0.309 e. The molecule has 0 unspecified atom stereocenters. The maximum Gasteiger partial charge on any atom is 0.179 e. The predicted octanol–water partition coefficient (Wildman–Crippen LogP) is 3.01. The second kappa shape index (κ2) is 6.78. The van der Waals surface area contributed by atoms with Gasteiger partial charge in [-0.2, -0.15) is 9.57 Å². The van der Waals surface area contributed by atoms with E-state index < -0.39 is 11.0 Å². The van der Waals surface area contributed by atoms with Crippen molar-refractivity contribution < 1.29 is 9.11 Å². The largest absolute Gasteiger partial charge is 0.309 e. The van der Waals surface area contributed by atoms with Crippen LogP contribution in [0, 0.1) is 11.5 Å². The normalized spacial score (nSPS) is 23.8. The van der Waals surface area contributed by atoms with E-state index in [4.69, 9.17) is 5.26 Å². The van der Waals surface area contributed by atoms with Gasteiger partial charge >= 0.3 is 0 Å². The number of nitriles is 1. The highest BCUT2D eigenvalue weighted by molar-refractivity contribution is 8.23. The molecule has 0 radical (unpaired) electrons. The number of hydrogen-bond acceptors (Lipinski definition) is 7. The Morgan fingerprint density at radius 1 is 1.12 bits per heavy atom. The van der Waals surface area contributed by atoms with Gasteiger partial charge in [-0.15, -0.1) is 0 Å². The Labute approximate surface area is 154 Å². The summed E-state index contributed by atoms with van der Waals surface area (Å²) >= 11 is 0. The number of aromatic nitrogens is 1. The first-order valence-corrected chi connectivity index (χ1v) is 10.0. The van der Waals surface area contributed by atoms with Crippen molar-refractivity contribution in [2.75, 3.05) is 30.5 Å². The van der Waals surface area contributed by atoms with Gasteiger partial charge in [0.1, 0.15) is 0 Å². The summed E-state index contributed by atoms with van der Waals surface area (Å²) < 4.78 is 25.3. The van der Waals surface area contributed by atoms with Crippen molar-refractivity contribution in [3.8, 4) is 17.5 Å². The summed E-state index contributed by atoms with van der Waals surface area (Å²) in [6.07, 6.45) is 4.66. The molecule has 1 aromatic carbocycles. The van der Waals surface area contributed by atoms with Crippen LogP contribution in [0.3, 0.4) is 0 Å². The fourth-order valence-corrected chi connectivity index (χ4v) is 5.51. The molecule has 4 rings (SSSR count). The first-order chi connectivity index (χ1) is 12.6. The van der Waals surface area contributed by atoms with Gasteiger partial charge in [-0.05, 0) is 30.7 Å². The lowest BCUT2D eigenvalue weighted by Crippen LogP contribution is -2.38. The van der Waals surface area contributed by atoms with E-state index in [2.05, 4.69) is 11.2 Å². The molecule has 2 aliphatic heterocycles. The summed E-state index contributed by atoms with van der Waals surface area (Å²) in [6, 6.07) is 13.4. The van der Waals surface area contributed by atoms with Gasteiger partial charge in [0, 0.05) is 31.4 Å². The van der Waals surface area contributed by atoms with Crippen molar-refractivity contribution in [3.63, 3.8) is 0 Å². The average Bonchev–Trinajstić information content (AvgIpc) is 3.26. The third-order valence-corrected chi connectivity index (χ3v) is 7.04. The minimum absolute atomic E-state index is 0.0105. The number of pyridine rings is 1. The number of anilines is 1. The SMILES string of the molecule is N#CN1CC[C@H](N2CCN(c3cccc(-c4ccccn4)c3)S2(O)O)C1. The average molecular weight is 371 g/mol. The van der Waals surface area contributed by atoms with Gasteiger partial charge in [-0.3, -0.25) is 18.4 Å². The van der Waals surface area contributed by atoms with Crippen LogP contribution >= 0.6 is 11.0 Å². The Kier molecular flexibility index (Phi) is 4.46. The van der Waals surface area contributed by atoms with Crippen LogP contribution in [0.25, 0.3) is 11.3 Å². The van der Waals surface area contributed by atoms with Crippen molar-refractivity contribution >= 4 is 16.6 Å². The number of likely N-dealkylation sites (tertiary alicyclic amines) is 1. The van der Waals surface area contributed by atoms with E-state index in [1.165, 1.54) is 0 Å². The molecule has 1 aromatic heterocycles. The summed E-state index contributed by atoms with van der Waals surface area (Å²) in [5, 5.41) is 9.05. The summed E-state index contributed by atoms with van der Waals surface area (Å²) in [4.78, 5) is 6.04. The van der Waals surface area contributed by atoms with Crippen LogP contribution in [0.5, 0.6) is 0 Å². The van der Waals surface area contributed by atoms with Crippen molar-refractivity contribution in [3.05, 3.63) is 48.7 Å². The number of nitrogens with zero attached hydrogens (tertiary/aromatic N) is 5. The minimum atomic E-state index is -3.08. The molecule has 2 fully saturated rings. The Hall–Kier alpha value is -2.31. The van der Waals surface area contributed by atoms with E-state index in [0.29, 0.717) is 26.2 Å². The smallest absolute Gasteiger partial charge is 0.179 e. The Bertz CT molecular complexity index is 826. The Morgan fingerprint density at radius 2 is 2.00 bits per heavy atom. The number of hydrogen-bond donors (Lipinski definition) is 2. The van der Waals surface area contributed by atoms with Gasteiger partial charge in [-0.25, -0.2) is 0 Å². The maximum absolute atomic E-state index is 10.9. The molecule has 3 heterocycles. The molecule has 1 atom stereocenters. The zero-order chi connectivity index (χ0) is 18.1. The molecule has 8 heteroatoms. The van der Waals surface area contributed by atoms with Gasteiger partial charge in [0.25, 0.3) is 0 Å². The molecule has 26 heavy (non-hydrogen) atoms. The van der Waals surface area contributed by atoms with Gasteiger partial charge in [0.05, 0.1) is 24.0 Å². The molecular formula is C18H21N5O2S. The summed E-state index contributed by atoms with van der Waals surface area (Å²) in [5.41, 5.74) is 2.56. The molecule has 0 spiro atoms. The molecular weight excluding hydrogens is 350 g/mol. The van der Waals surface area contributed by atoms with Crippen molar-refractivity contribution in [2.24, 2.45) is 0 Å². The summed E-state index contributed by atoms with van der Waals surface area (Å²) in [7, 11) is -3.08. The first-order valence-electron chi connectivity index (χ1n) is 8.58. The molecule has 2 aliphatic rings. The van der Waals surface area contributed by atoms with Crippen LogP contribution in [0.4, 0.5) is 5.69 Å². The molecule has 0 aliphatic carbocycles. The lowest BCUT2D eigenvalue weighted by atomic mass is 10.1. The Balaban J connectivity index is 1.58. The van der Waals surface area contributed by atoms with E-state index in [-0.39, 0.29) is 6.04 Å². The second-order valence-corrected chi connectivity index (χ2v) is 8.38. The van der Waals surface area contributed by atoms with Gasteiger partial charge < -0.3 is 4.90 Å². The fourth-order valence-electron chi connectivity index (χ4n) is 3.64. The van der Waals surface area contributed by atoms with Gasteiger partial charge in [0.2, 0.25) is 0 Å². The number of rotatable bonds is 3. The van der Waals surface area contributed by atoms with E-state index in [9.17, 15) is 9.11 Å². The van der Waals surface area contributed by atoms with E-state index >= 15 is 0 Å². The molecule has 0 bridgehead atoms. The van der Waals surface area contributed by atoms with E-state index in [1.807, 2.05) is 42.5 Å². The van der Waals surface area contributed by atoms with Crippen LogP contribution in [0.15, 0.2) is 48.7 Å². The highest BCUT2D eigenvalue weighted by atomic mass is 32.3. The molecule has 2 saturated heterocycles. The molecule has 136 valence electrons. The van der Waals surface area contributed by atoms with Crippen LogP contribution < -0.4 is 4.31 Å². The quantitative estimate of drug-likeness (QED) is 0.802. The lowest BCUT2D eigenvalue weighted by Gasteiger charge is -2.45. The van der Waals surface area contributed by atoms with Crippen LogP contribution in [-0.4, -0.2) is 55.5 Å².